The second-order valence-electron chi connectivity index (χ2n) is 3.51. The van der Waals surface area contributed by atoms with Gasteiger partial charge >= 0.3 is 5.69 Å². The molecule has 5 nitrogen and oxygen atoms in total. The van der Waals surface area contributed by atoms with Crippen molar-refractivity contribution in [2.75, 3.05) is 0 Å². The van der Waals surface area contributed by atoms with Crippen molar-refractivity contribution in [3.63, 3.8) is 0 Å². The fourth-order valence-corrected chi connectivity index (χ4v) is 2.92. The minimum Gasteiger partial charge on any atom is -0.270 e. The van der Waals surface area contributed by atoms with Crippen molar-refractivity contribution in [3.05, 3.63) is 32.2 Å². The Labute approximate surface area is 121 Å². The van der Waals surface area contributed by atoms with Crippen molar-refractivity contribution in [1.29, 1.82) is 0 Å². The van der Waals surface area contributed by atoms with Crippen molar-refractivity contribution in [2.45, 2.75) is 30.1 Å². The van der Waals surface area contributed by atoms with Crippen LogP contribution in [0.5, 0.6) is 0 Å². The van der Waals surface area contributed by atoms with Gasteiger partial charge in [0.25, 0.3) is 0 Å². The van der Waals surface area contributed by atoms with Crippen LogP contribution in [0.1, 0.15) is 13.3 Å². The van der Waals surface area contributed by atoms with Crippen molar-refractivity contribution < 1.29 is 0 Å². The van der Waals surface area contributed by atoms with E-state index >= 15 is 0 Å². The number of hydrogen-bond donors (Lipinski definition) is 1. The number of rotatable bonds is 4. The molecule has 8 heteroatoms. The summed E-state index contributed by atoms with van der Waals surface area (Å²) >= 11 is 10.6. The molecule has 0 aliphatic rings. The highest BCUT2D eigenvalue weighted by molar-refractivity contribution is 9.10. The van der Waals surface area contributed by atoms with Gasteiger partial charge in [0.2, 0.25) is 0 Å². The summed E-state index contributed by atoms with van der Waals surface area (Å²) in [6, 6.07) is 1.76. The Morgan fingerprint density at radius 3 is 3.06 bits per heavy atom. The predicted octanol–water partition coefficient (Wildman–Crippen LogP) is 2.94. The summed E-state index contributed by atoms with van der Waals surface area (Å²) in [6.45, 7) is 2.62. The van der Waals surface area contributed by atoms with Gasteiger partial charge in [0.05, 0.1) is 5.02 Å². The average Bonchev–Trinajstić information content (AvgIpc) is 2.66. The standard InChI is InChI=1S/C10H10BrClN4OS/c1-2-3-16-9(17)14-15-10(16)18-8-7(12)4-6(11)5-13-8/h4-5H,2-3H2,1H3,(H,14,17). The summed E-state index contributed by atoms with van der Waals surface area (Å²) < 4.78 is 2.38. The molecule has 2 aromatic rings. The van der Waals surface area contributed by atoms with Gasteiger partial charge in [0.1, 0.15) is 5.03 Å². The van der Waals surface area contributed by atoms with E-state index < -0.39 is 0 Å². The molecule has 0 aliphatic heterocycles. The highest BCUT2D eigenvalue weighted by Crippen LogP contribution is 2.31. The molecule has 0 saturated carbocycles. The Kier molecular flexibility index (Phi) is 4.47. The van der Waals surface area contributed by atoms with Crippen molar-refractivity contribution >= 4 is 39.3 Å². The molecule has 0 radical (unpaired) electrons. The van der Waals surface area contributed by atoms with Gasteiger partial charge in [-0.1, -0.05) is 18.5 Å². The third kappa shape index (κ3) is 2.96. The number of H-pyrrole nitrogens is 1. The molecule has 0 spiro atoms. The molecule has 96 valence electrons. The maximum Gasteiger partial charge on any atom is 0.343 e. The van der Waals surface area contributed by atoms with E-state index in [9.17, 15) is 4.79 Å². The zero-order valence-corrected chi connectivity index (χ0v) is 12.6. The van der Waals surface area contributed by atoms with Crippen molar-refractivity contribution in [1.82, 2.24) is 19.7 Å². The lowest BCUT2D eigenvalue weighted by Crippen LogP contribution is -2.17. The number of nitrogens with one attached hydrogen (secondary N) is 1. The van der Waals surface area contributed by atoms with Crippen LogP contribution < -0.4 is 5.69 Å². The molecule has 1 N–H and O–H groups in total. The number of nitrogens with zero attached hydrogens (tertiary/aromatic N) is 3. The van der Waals surface area contributed by atoms with Gasteiger partial charge in [0.15, 0.2) is 5.16 Å². The molecule has 0 atom stereocenters. The maximum atomic E-state index is 11.5. The van der Waals surface area contributed by atoms with Crippen LogP contribution in [0.15, 0.2) is 31.7 Å². The molecule has 0 amide bonds. The third-order valence-electron chi connectivity index (χ3n) is 2.13. The number of halogens is 2. The highest BCUT2D eigenvalue weighted by Gasteiger charge is 2.12. The van der Waals surface area contributed by atoms with Crippen LogP contribution in [-0.2, 0) is 6.54 Å². The van der Waals surface area contributed by atoms with Gasteiger partial charge < -0.3 is 0 Å². The van der Waals surface area contributed by atoms with E-state index in [-0.39, 0.29) is 5.69 Å². The van der Waals surface area contributed by atoms with Crippen LogP contribution >= 0.6 is 39.3 Å². The largest absolute Gasteiger partial charge is 0.343 e. The van der Waals surface area contributed by atoms with Gasteiger partial charge in [-0.15, -0.1) is 5.10 Å². The normalized spacial score (nSPS) is 10.8. The lowest BCUT2D eigenvalue weighted by molar-refractivity contribution is 0.603. The Hall–Kier alpha value is -0.790. The van der Waals surface area contributed by atoms with Crippen LogP contribution in [0.25, 0.3) is 0 Å². The molecular weight excluding hydrogens is 340 g/mol. The Morgan fingerprint density at radius 2 is 2.39 bits per heavy atom. The van der Waals surface area contributed by atoms with Gasteiger partial charge in [-0.25, -0.2) is 14.9 Å². The van der Waals surface area contributed by atoms with E-state index in [1.54, 1.807) is 16.8 Å². The van der Waals surface area contributed by atoms with Gasteiger partial charge in [-0.2, -0.15) is 0 Å². The third-order valence-corrected chi connectivity index (χ3v) is 3.98. The molecule has 2 rings (SSSR count). The summed E-state index contributed by atoms with van der Waals surface area (Å²) in [4.78, 5) is 15.7. The monoisotopic (exact) mass is 348 g/mol. The molecule has 0 fully saturated rings. The van der Waals surface area contributed by atoms with E-state index in [1.165, 1.54) is 11.8 Å². The lowest BCUT2D eigenvalue weighted by atomic mass is 10.5. The van der Waals surface area contributed by atoms with Crippen molar-refractivity contribution in [2.24, 2.45) is 0 Å². The van der Waals surface area contributed by atoms with E-state index in [4.69, 9.17) is 11.6 Å². The number of pyridine rings is 1. The van der Waals surface area contributed by atoms with Crippen LogP contribution in [0.4, 0.5) is 0 Å². The number of hydrogen-bond acceptors (Lipinski definition) is 4. The quantitative estimate of drug-likeness (QED) is 0.922. The van der Waals surface area contributed by atoms with Gasteiger partial charge in [-0.3, -0.25) is 4.57 Å². The van der Waals surface area contributed by atoms with E-state index in [2.05, 4.69) is 31.1 Å². The molecule has 0 aliphatic carbocycles. The van der Waals surface area contributed by atoms with Gasteiger partial charge in [-0.05, 0) is 40.2 Å². The summed E-state index contributed by atoms with van der Waals surface area (Å²) in [5, 5.41) is 8.11. The minimum atomic E-state index is -0.215. The SMILES string of the molecule is CCCn1c(Sc2ncc(Br)cc2Cl)n[nH]c1=O. The Bertz CT molecular complexity index is 612. The summed E-state index contributed by atoms with van der Waals surface area (Å²) in [7, 11) is 0. The highest BCUT2D eigenvalue weighted by atomic mass is 79.9. The van der Waals surface area contributed by atoms with E-state index in [0.717, 1.165) is 10.9 Å². The van der Waals surface area contributed by atoms with Crippen LogP contribution in [0.2, 0.25) is 5.02 Å². The first-order valence-electron chi connectivity index (χ1n) is 5.26. The number of aromatic amines is 1. The van der Waals surface area contributed by atoms with Gasteiger partial charge in [0, 0.05) is 17.2 Å². The molecule has 2 aromatic heterocycles. The first-order chi connectivity index (χ1) is 8.61. The Balaban J connectivity index is 2.31. The van der Waals surface area contributed by atoms with Crippen LogP contribution in [0, 0.1) is 0 Å². The smallest absolute Gasteiger partial charge is 0.270 e. The number of aromatic nitrogens is 4. The van der Waals surface area contributed by atoms with Crippen LogP contribution in [-0.4, -0.2) is 19.7 Å². The summed E-state index contributed by atoms with van der Waals surface area (Å²) in [6.07, 6.45) is 2.51. The second kappa shape index (κ2) is 5.90. The summed E-state index contributed by atoms with van der Waals surface area (Å²) in [5.74, 6) is 0. The first-order valence-corrected chi connectivity index (χ1v) is 7.24. The molecule has 0 aromatic carbocycles. The topological polar surface area (TPSA) is 63.6 Å². The van der Waals surface area contributed by atoms with Crippen LogP contribution in [0.3, 0.4) is 0 Å². The van der Waals surface area contributed by atoms with E-state index in [1.807, 2.05) is 6.92 Å². The van der Waals surface area contributed by atoms with Crippen molar-refractivity contribution in [3.8, 4) is 0 Å². The molecule has 2 heterocycles. The Morgan fingerprint density at radius 1 is 1.61 bits per heavy atom. The zero-order chi connectivity index (χ0) is 13.1. The zero-order valence-electron chi connectivity index (χ0n) is 9.48. The summed E-state index contributed by atoms with van der Waals surface area (Å²) in [5.41, 5.74) is -0.215. The fourth-order valence-electron chi connectivity index (χ4n) is 1.37. The van der Waals surface area contributed by atoms with E-state index in [0.29, 0.717) is 21.7 Å². The minimum absolute atomic E-state index is 0.215. The first kappa shape index (κ1) is 13.6. The molecular formula is C10H10BrClN4OS. The lowest BCUT2D eigenvalue weighted by Gasteiger charge is -2.04. The maximum absolute atomic E-state index is 11.5. The fraction of sp³-hybridized carbons (Fsp3) is 0.300. The predicted molar refractivity (Wildman–Crippen MR) is 74.2 cm³/mol. The molecule has 0 unspecified atom stereocenters. The molecule has 0 saturated heterocycles. The molecule has 18 heavy (non-hydrogen) atoms. The molecule has 0 bridgehead atoms. The second-order valence-corrected chi connectivity index (χ2v) is 5.78. The average molecular weight is 350 g/mol.